The molecule has 3 N–H and O–H groups in total. The van der Waals surface area contributed by atoms with E-state index in [0.29, 0.717) is 0 Å². The molecule has 0 aliphatic heterocycles. The quantitative estimate of drug-likeness (QED) is 0.570. The first kappa shape index (κ1) is 15.5. The second kappa shape index (κ2) is 6.04. The van der Waals surface area contributed by atoms with Crippen LogP contribution in [0.5, 0.6) is 0 Å². The molecule has 0 amide bonds. The smallest absolute Gasteiger partial charge is 0.358 e. The van der Waals surface area contributed by atoms with Crippen molar-refractivity contribution in [1.29, 1.82) is 0 Å². The van der Waals surface area contributed by atoms with E-state index in [-0.39, 0.29) is 17.4 Å². The third-order valence-corrected chi connectivity index (χ3v) is 4.06. The summed E-state index contributed by atoms with van der Waals surface area (Å²) in [4.78, 5) is 13.1. The molecule has 19 heavy (non-hydrogen) atoms. The molecule has 0 aliphatic rings. The molecule has 1 aromatic rings. The molecule has 0 bridgehead atoms. The Kier molecular flexibility index (Phi) is 4.92. The van der Waals surface area contributed by atoms with Gasteiger partial charge in [0.05, 0.1) is 0 Å². The van der Waals surface area contributed by atoms with Crippen LogP contribution in [0.3, 0.4) is 0 Å². The van der Waals surface area contributed by atoms with Crippen molar-refractivity contribution >= 4 is 15.8 Å². The highest BCUT2D eigenvalue weighted by Crippen LogP contribution is 2.13. The lowest BCUT2D eigenvalue weighted by atomic mass is 10.1. The molecule has 8 nitrogen and oxygen atoms in total. The highest BCUT2D eigenvalue weighted by Gasteiger charge is 2.23. The molecule has 0 saturated heterocycles. The molecule has 0 aliphatic carbocycles. The summed E-state index contributed by atoms with van der Waals surface area (Å²) < 4.78 is 26.5. The van der Waals surface area contributed by atoms with Gasteiger partial charge in [-0.3, -0.25) is 0 Å². The minimum absolute atomic E-state index is 0.0331. The predicted molar refractivity (Wildman–Crippen MR) is 68.9 cm³/mol. The maximum atomic E-state index is 12.0. The molecule has 0 fully saturated rings. The van der Waals surface area contributed by atoms with Gasteiger partial charge in [-0.25, -0.2) is 13.1 Å². The Morgan fingerprint density at radius 1 is 1.47 bits per heavy atom. The largest absolute Gasteiger partial charge is 0.363 e. The number of sulfonamides is 1. The topological polar surface area (TPSA) is 128 Å². The Balaban J connectivity index is 2.97. The van der Waals surface area contributed by atoms with Gasteiger partial charge in [0.1, 0.15) is 4.90 Å². The van der Waals surface area contributed by atoms with E-state index >= 15 is 0 Å². The van der Waals surface area contributed by atoms with E-state index in [1.165, 1.54) is 0 Å². The molecular weight excluding hydrogens is 272 g/mol. The number of hydrogen-bond acceptors (Lipinski definition) is 6. The van der Waals surface area contributed by atoms with E-state index in [1.54, 1.807) is 0 Å². The van der Waals surface area contributed by atoms with Crippen molar-refractivity contribution in [3.05, 3.63) is 28.4 Å². The second-order valence-corrected chi connectivity index (χ2v) is 6.03. The summed E-state index contributed by atoms with van der Waals surface area (Å²) in [6.07, 6.45) is 0.953. The molecule has 9 heteroatoms. The summed E-state index contributed by atoms with van der Waals surface area (Å²) in [5.41, 5.74) is 5.49. The lowest BCUT2D eigenvalue weighted by molar-refractivity contribution is -0.389. The number of hydrogen-bond donors (Lipinski definition) is 2. The van der Waals surface area contributed by atoms with Gasteiger partial charge in [-0.15, -0.1) is 0 Å². The fourth-order valence-corrected chi connectivity index (χ4v) is 2.70. The molecule has 1 rings (SSSR count). The van der Waals surface area contributed by atoms with Crippen LogP contribution in [-0.2, 0) is 10.0 Å². The average Bonchev–Trinajstić information content (AvgIpc) is 2.35. The second-order valence-electron chi connectivity index (χ2n) is 4.32. The standard InChI is InChI=1S/C10H16N4O4S/c1-7(2)9(5-11)13-19(17,18)8-3-4-10(12-6-8)14(15)16/h3-4,6-7,9,13H,5,11H2,1-2H3. The zero-order valence-electron chi connectivity index (χ0n) is 10.6. The van der Waals surface area contributed by atoms with Crippen molar-refractivity contribution in [2.75, 3.05) is 6.54 Å². The van der Waals surface area contributed by atoms with Crippen molar-refractivity contribution in [3.8, 4) is 0 Å². The lowest BCUT2D eigenvalue weighted by Gasteiger charge is -2.19. The van der Waals surface area contributed by atoms with Gasteiger partial charge in [0, 0.05) is 18.7 Å². The van der Waals surface area contributed by atoms with Crippen LogP contribution in [0.4, 0.5) is 5.82 Å². The maximum absolute atomic E-state index is 12.0. The molecule has 0 saturated carbocycles. The van der Waals surface area contributed by atoms with Crippen LogP contribution in [0.2, 0.25) is 0 Å². The molecule has 1 aromatic heterocycles. The first-order valence-electron chi connectivity index (χ1n) is 5.60. The van der Waals surface area contributed by atoms with Crippen LogP contribution in [0.15, 0.2) is 23.2 Å². The fraction of sp³-hybridized carbons (Fsp3) is 0.500. The summed E-state index contributed by atoms with van der Waals surface area (Å²) in [7, 11) is -3.77. The van der Waals surface area contributed by atoms with Gasteiger partial charge in [-0.05, 0) is 21.9 Å². The van der Waals surface area contributed by atoms with Crippen LogP contribution >= 0.6 is 0 Å². The van der Waals surface area contributed by atoms with Gasteiger partial charge < -0.3 is 15.8 Å². The minimum atomic E-state index is -3.77. The van der Waals surface area contributed by atoms with Crippen LogP contribution in [-0.4, -0.2) is 30.9 Å². The van der Waals surface area contributed by atoms with E-state index in [4.69, 9.17) is 5.73 Å². The monoisotopic (exact) mass is 288 g/mol. The third kappa shape index (κ3) is 3.94. The highest BCUT2D eigenvalue weighted by atomic mass is 32.2. The molecule has 1 atom stereocenters. The minimum Gasteiger partial charge on any atom is -0.358 e. The molecule has 0 spiro atoms. The Labute approximate surface area is 111 Å². The summed E-state index contributed by atoms with van der Waals surface area (Å²) in [6.45, 7) is 3.85. The average molecular weight is 288 g/mol. The van der Waals surface area contributed by atoms with Crippen molar-refractivity contribution in [3.63, 3.8) is 0 Å². The van der Waals surface area contributed by atoms with Crippen molar-refractivity contribution < 1.29 is 13.3 Å². The number of aromatic nitrogens is 1. The number of rotatable bonds is 6. The van der Waals surface area contributed by atoms with Crippen LogP contribution in [0, 0.1) is 16.0 Å². The van der Waals surface area contributed by atoms with E-state index in [9.17, 15) is 18.5 Å². The summed E-state index contributed by atoms with van der Waals surface area (Å²) in [6, 6.07) is 1.78. The molecule has 1 unspecified atom stereocenters. The number of nitro groups is 1. The fourth-order valence-electron chi connectivity index (χ4n) is 1.36. The Hall–Kier alpha value is -1.58. The van der Waals surface area contributed by atoms with Crippen LogP contribution < -0.4 is 10.5 Å². The zero-order chi connectivity index (χ0) is 14.6. The molecular formula is C10H16N4O4S. The highest BCUT2D eigenvalue weighted by molar-refractivity contribution is 7.89. The number of pyridine rings is 1. The van der Waals surface area contributed by atoms with E-state index in [0.717, 1.165) is 18.3 Å². The Morgan fingerprint density at radius 2 is 2.11 bits per heavy atom. The maximum Gasteiger partial charge on any atom is 0.363 e. The van der Waals surface area contributed by atoms with Crippen molar-refractivity contribution in [2.45, 2.75) is 24.8 Å². The molecule has 0 radical (unpaired) electrons. The molecule has 1 heterocycles. The number of nitrogens with two attached hydrogens (primary N) is 1. The van der Waals surface area contributed by atoms with Crippen LogP contribution in [0.25, 0.3) is 0 Å². The van der Waals surface area contributed by atoms with E-state index < -0.39 is 26.8 Å². The van der Waals surface area contributed by atoms with Gasteiger partial charge in [-0.1, -0.05) is 13.8 Å². The van der Waals surface area contributed by atoms with Gasteiger partial charge >= 0.3 is 5.82 Å². The number of nitrogens with zero attached hydrogens (tertiary/aromatic N) is 2. The van der Waals surface area contributed by atoms with Gasteiger partial charge in [0.2, 0.25) is 10.0 Å². The summed E-state index contributed by atoms with van der Waals surface area (Å²) in [5, 5.41) is 10.4. The predicted octanol–water partition coefficient (Wildman–Crippen LogP) is 0.251. The van der Waals surface area contributed by atoms with Crippen LogP contribution in [0.1, 0.15) is 13.8 Å². The Morgan fingerprint density at radius 3 is 2.47 bits per heavy atom. The normalized spacial score (nSPS) is 13.5. The Bertz CT molecular complexity index is 541. The van der Waals surface area contributed by atoms with Gasteiger partial charge in [0.15, 0.2) is 6.20 Å². The summed E-state index contributed by atoms with van der Waals surface area (Å²) in [5.74, 6) is -0.371. The molecule has 0 aromatic carbocycles. The third-order valence-electron chi connectivity index (χ3n) is 2.58. The van der Waals surface area contributed by atoms with E-state index in [2.05, 4.69) is 9.71 Å². The summed E-state index contributed by atoms with van der Waals surface area (Å²) >= 11 is 0. The van der Waals surface area contributed by atoms with Gasteiger partial charge in [-0.2, -0.15) is 0 Å². The van der Waals surface area contributed by atoms with Crippen molar-refractivity contribution in [1.82, 2.24) is 9.71 Å². The SMILES string of the molecule is CC(C)C(CN)NS(=O)(=O)c1ccc([N+](=O)[O-])nc1. The lowest BCUT2D eigenvalue weighted by Crippen LogP contribution is -2.43. The van der Waals surface area contributed by atoms with E-state index in [1.807, 2.05) is 13.8 Å². The number of nitrogens with one attached hydrogen (secondary N) is 1. The first-order chi connectivity index (χ1) is 8.77. The van der Waals surface area contributed by atoms with Gasteiger partial charge in [0.25, 0.3) is 0 Å². The zero-order valence-corrected chi connectivity index (χ0v) is 11.4. The van der Waals surface area contributed by atoms with Crippen molar-refractivity contribution in [2.24, 2.45) is 11.7 Å². The first-order valence-corrected chi connectivity index (χ1v) is 7.09. The molecule has 106 valence electrons.